The number of hydrogen-bond donors (Lipinski definition) is 1. The summed E-state index contributed by atoms with van der Waals surface area (Å²) in [4.78, 5) is 14.0. The number of hydrogen-bond acceptors (Lipinski definition) is 1. The lowest BCUT2D eigenvalue weighted by Gasteiger charge is -1.96. The molecule has 0 fully saturated rings. The molecule has 0 saturated carbocycles. The average molecular weight is 288 g/mol. The van der Waals surface area contributed by atoms with Crippen LogP contribution in [-0.2, 0) is 11.5 Å². The molecule has 0 spiro atoms. The predicted molar refractivity (Wildman–Crippen MR) is 61.3 cm³/mol. The maximum atomic E-state index is 11.2. The van der Waals surface area contributed by atoms with Crippen LogP contribution in [0.5, 0.6) is 0 Å². The van der Waals surface area contributed by atoms with Gasteiger partial charge in [0.15, 0.2) is 0 Å². The second-order valence-corrected chi connectivity index (χ2v) is 3.74. The van der Waals surface area contributed by atoms with Crippen LogP contribution in [0.1, 0.15) is 5.56 Å². The maximum absolute atomic E-state index is 11.2. The van der Waals surface area contributed by atoms with Crippen molar-refractivity contribution in [2.24, 2.45) is 7.05 Å². The molecule has 2 aromatic rings. The van der Waals surface area contributed by atoms with Crippen LogP contribution < -0.4 is 5.69 Å². The number of rotatable bonds is 1. The molecule has 2 rings (SSSR count). The summed E-state index contributed by atoms with van der Waals surface area (Å²) in [5.41, 5.74) is 3.05. The van der Waals surface area contributed by atoms with E-state index in [1.807, 2.05) is 18.2 Å². The van der Waals surface area contributed by atoms with Gasteiger partial charge in [-0.15, -0.1) is 0 Å². The minimum Gasteiger partial charge on any atom is -0.306 e. The van der Waals surface area contributed by atoms with Crippen LogP contribution in [0.25, 0.3) is 11.0 Å². The Bertz CT molecular complexity index is 498. The zero-order valence-corrected chi connectivity index (χ0v) is 9.33. The zero-order valence-electron chi connectivity index (χ0n) is 7.17. The molecule has 3 nitrogen and oxygen atoms in total. The molecule has 0 aliphatic rings. The summed E-state index contributed by atoms with van der Waals surface area (Å²) in [6.07, 6.45) is 0. The normalized spacial score (nSPS) is 10.9. The van der Waals surface area contributed by atoms with Crippen molar-refractivity contribution in [2.45, 2.75) is 4.43 Å². The molecule has 0 atom stereocenters. The molecule has 0 amide bonds. The molecule has 0 aliphatic heterocycles. The molecule has 0 bridgehead atoms. The van der Waals surface area contributed by atoms with E-state index in [9.17, 15) is 4.79 Å². The van der Waals surface area contributed by atoms with E-state index in [0.29, 0.717) is 0 Å². The Morgan fingerprint density at radius 3 is 3.00 bits per heavy atom. The number of nitrogens with zero attached hydrogens (tertiary/aromatic N) is 1. The third-order valence-electron chi connectivity index (χ3n) is 2.12. The predicted octanol–water partition coefficient (Wildman–Crippen LogP) is 1.80. The molecule has 1 heterocycles. The molecule has 4 heteroatoms. The molecule has 0 aliphatic carbocycles. The quantitative estimate of drug-likeness (QED) is 0.630. The van der Waals surface area contributed by atoms with Gasteiger partial charge in [-0.3, -0.25) is 4.57 Å². The number of alkyl halides is 1. The Morgan fingerprint density at radius 1 is 1.54 bits per heavy atom. The van der Waals surface area contributed by atoms with Crippen LogP contribution in [0.2, 0.25) is 0 Å². The lowest BCUT2D eigenvalue weighted by atomic mass is 10.2. The maximum Gasteiger partial charge on any atom is 0.326 e. The van der Waals surface area contributed by atoms with Crippen molar-refractivity contribution < 1.29 is 0 Å². The number of halogens is 1. The van der Waals surface area contributed by atoms with Gasteiger partial charge in [0.25, 0.3) is 0 Å². The molecule has 1 aromatic carbocycles. The number of aromatic amines is 1. The lowest BCUT2D eigenvalue weighted by Crippen LogP contribution is -2.11. The summed E-state index contributed by atoms with van der Waals surface area (Å²) < 4.78 is 2.58. The van der Waals surface area contributed by atoms with Crippen molar-refractivity contribution in [3.63, 3.8) is 0 Å². The van der Waals surface area contributed by atoms with Crippen molar-refractivity contribution in [2.75, 3.05) is 0 Å². The van der Waals surface area contributed by atoms with Crippen LogP contribution in [0.4, 0.5) is 0 Å². The van der Waals surface area contributed by atoms with Crippen LogP contribution in [-0.4, -0.2) is 9.55 Å². The Kier molecular flexibility index (Phi) is 2.15. The van der Waals surface area contributed by atoms with Crippen molar-refractivity contribution in [3.8, 4) is 0 Å². The molecule has 1 N–H and O–H groups in total. The number of H-pyrrole nitrogens is 1. The fraction of sp³-hybridized carbons (Fsp3) is 0.222. The highest BCUT2D eigenvalue weighted by atomic mass is 127. The SMILES string of the molecule is Cn1c(=O)[nH]c2cc(CI)ccc21. The van der Waals surface area contributed by atoms with Gasteiger partial charge in [-0.1, -0.05) is 28.7 Å². The van der Waals surface area contributed by atoms with Gasteiger partial charge in [0.2, 0.25) is 0 Å². The van der Waals surface area contributed by atoms with E-state index >= 15 is 0 Å². The zero-order chi connectivity index (χ0) is 9.42. The molecule has 1 aromatic heterocycles. The minimum atomic E-state index is -0.0550. The summed E-state index contributed by atoms with van der Waals surface area (Å²) in [5, 5.41) is 0. The molecule has 13 heavy (non-hydrogen) atoms. The largest absolute Gasteiger partial charge is 0.326 e. The van der Waals surface area contributed by atoms with E-state index in [0.717, 1.165) is 15.5 Å². The van der Waals surface area contributed by atoms with Crippen molar-refractivity contribution in [1.82, 2.24) is 9.55 Å². The van der Waals surface area contributed by atoms with E-state index in [-0.39, 0.29) is 5.69 Å². The molecule has 68 valence electrons. The van der Waals surface area contributed by atoms with Crippen molar-refractivity contribution >= 4 is 33.6 Å². The summed E-state index contributed by atoms with van der Waals surface area (Å²) in [5.74, 6) is 0. The third kappa shape index (κ3) is 1.39. The Labute approximate surface area is 88.9 Å². The first kappa shape index (κ1) is 8.80. The first-order valence-corrected chi connectivity index (χ1v) is 5.48. The van der Waals surface area contributed by atoms with Gasteiger partial charge in [0.05, 0.1) is 11.0 Å². The molecular weight excluding hydrogens is 279 g/mol. The molecule has 0 radical (unpaired) electrons. The topological polar surface area (TPSA) is 37.8 Å². The standard InChI is InChI=1S/C9H9IN2O/c1-12-8-3-2-6(5-10)4-7(8)11-9(12)13/h2-4H,5H2,1H3,(H,11,13). The summed E-state index contributed by atoms with van der Waals surface area (Å²) in [6.45, 7) is 0. The number of nitrogens with one attached hydrogen (secondary N) is 1. The highest BCUT2D eigenvalue weighted by molar-refractivity contribution is 14.1. The van der Waals surface area contributed by atoms with E-state index in [4.69, 9.17) is 0 Å². The first-order valence-electron chi connectivity index (χ1n) is 3.96. The first-order chi connectivity index (χ1) is 6.22. The fourth-order valence-corrected chi connectivity index (χ4v) is 1.84. The lowest BCUT2D eigenvalue weighted by molar-refractivity contribution is 0.891. The fourth-order valence-electron chi connectivity index (χ4n) is 1.37. The highest BCUT2D eigenvalue weighted by Gasteiger charge is 2.02. The van der Waals surface area contributed by atoms with Crippen molar-refractivity contribution in [3.05, 3.63) is 34.2 Å². The summed E-state index contributed by atoms with van der Waals surface area (Å²) in [6, 6.07) is 6.03. The second kappa shape index (κ2) is 3.17. The van der Waals surface area contributed by atoms with Crippen molar-refractivity contribution in [1.29, 1.82) is 0 Å². The Morgan fingerprint density at radius 2 is 2.31 bits per heavy atom. The van der Waals surface area contributed by atoms with E-state index in [1.54, 1.807) is 11.6 Å². The number of benzene rings is 1. The molecule has 0 unspecified atom stereocenters. The third-order valence-corrected chi connectivity index (χ3v) is 3.00. The van der Waals surface area contributed by atoms with Gasteiger partial charge < -0.3 is 4.98 Å². The highest BCUT2D eigenvalue weighted by Crippen LogP contribution is 2.13. The summed E-state index contributed by atoms with van der Waals surface area (Å²) in [7, 11) is 1.77. The monoisotopic (exact) mass is 288 g/mol. The van der Waals surface area contributed by atoms with Gasteiger partial charge in [-0.05, 0) is 17.7 Å². The summed E-state index contributed by atoms with van der Waals surface area (Å²) >= 11 is 2.30. The van der Waals surface area contributed by atoms with E-state index < -0.39 is 0 Å². The van der Waals surface area contributed by atoms with E-state index in [1.165, 1.54) is 5.56 Å². The van der Waals surface area contributed by atoms with Crippen LogP contribution in [0, 0.1) is 0 Å². The van der Waals surface area contributed by atoms with Crippen LogP contribution >= 0.6 is 22.6 Å². The van der Waals surface area contributed by atoms with Gasteiger partial charge in [-0.25, -0.2) is 4.79 Å². The number of imidazole rings is 1. The minimum absolute atomic E-state index is 0.0550. The van der Waals surface area contributed by atoms with Gasteiger partial charge in [-0.2, -0.15) is 0 Å². The van der Waals surface area contributed by atoms with Crippen LogP contribution in [0.3, 0.4) is 0 Å². The van der Waals surface area contributed by atoms with Gasteiger partial charge >= 0.3 is 5.69 Å². The Hall–Kier alpha value is -0.780. The number of fused-ring (bicyclic) bond motifs is 1. The van der Waals surface area contributed by atoms with Gasteiger partial charge in [0.1, 0.15) is 0 Å². The number of aromatic nitrogens is 2. The number of aryl methyl sites for hydroxylation is 1. The molecular formula is C9H9IN2O. The average Bonchev–Trinajstić information content (AvgIpc) is 2.42. The van der Waals surface area contributed by atoms with Gasteiger partial charge in [0, 0.05) is 11.5 Å². The van der Waals surface area contributed by atoms with Crippen LogP contribution in [0.15, 0.2) is 23.0 Å². The Balaban J connectivity index is 2.80. The second-order valence-electron chi connectivity index (χ2n) is 2.97. The van der Waals surface area contributed by atoms with E-state index in [2.05, 4.69) is 27.6 Å². The smallest absolute Gasteiger partial charge is 0.306 e. The molecule has 0 saturated heterocycles.